The van der Waals surface area contributed by atoms with Crippen molar-refractivity contribution in [3.63, 3.8) is 0 Å². The molecule has 0 saturated carbocycles. The highest BCUT2D eigenvalue weighted by molar-refractivity contribution is 6.23. The second-order valence-corrected chi connectivity index (χ2v) is 7.82. The first-order valence-corrected chi connectivity index (χ1v) is 9.14. The lowest BCUT2D eigenvalue weighted by molar-refractivity contribution is 0.348. The summed E-state index contributed by atoms with van der Waals surface area (Å²) in [5, 5.41) is 0. The van der Waals surface area contributed by atoms with E-state index in [2.05, 4.69) is 51.1 Å². The molecule has 0 N–H and O–H groups in total. The number of unbranched alkanes of at least 4 members (excludes halogenated alkanes) is 5. The third-order valence-corrected chi connectivity index (χ3v) is 4.81. The van der Waals surface area contributed by atoms with Crippen LogP contribution in [-0.2, 0) is 6.42 Å². The van der Waals surface area contributed by atoms with Crippen molar-refractivity contribution in [3.05, 3.63) is 35.9 Å². The zero-order chi connectivity index (χ0) is 15.6. The molecule has 0 aliphatic carbocycles. The number of rotatable bonds is 11. The average molecular weight is 309 g/mol. The summed E-state index contributed by atoms with van der Waals surface area (Å²) < 4.78 is 0. The Morgan fingerprint density at radius 2 is 1.52 bits per heavy atom. The first-order chi connectivity index (χ1) is 10.0. The fourth-order valence-corrected chi connectivity index (χ4v) is 3.21. The van der Waals surface area contributed by atoms with Crippen LogP contribution in [0, 0.1) is 5.92 Å². The third kappa shape index (κ3) is 8.51. The molecule has 0 saturated heterocycles. The molecule has 0 fully saturated rings. The van der Waals surface area contributed by atoms with Gasteiger partial charge in [0, 0.05) is 4.87 Å². The van der Waals surface area contributed by atoms with Crippen LogP contribution in [0.5, 0.6) is 0 Å². The average Bonchev–Trinajstić information content (AvgIpc) is 2.45. The molecule has 21 heavy (non-hydrogen) atoms. The number of hydrogen-bond acceptors (Lipinski definition) is 0. The maximum atomic E-state index is 6.63. The standard InChI is InChI=1S/C20H33Cl/c1-4-5-6-7-8-12-15-19(20(2,3)21)17-16-18-13-10-9-11-14-18/h9-11,13-14,19H,4-8,12,15-17H2,1-3H3. The Labute approximate surface area is 137 Å². The molecule has 0 bridgehead atoms. The van der Waals surface area contributed by atoms with Gasteiger partial charge in [0.1, 0.15) is 0 Å². The maximum absolute atomic E-state index is 6.63. The molecule has 0 aliphatic heterocycles. The fraction of sp³-hybridized carbons (Fsp3) is 0.700. The van der Waals surface area contributed by atoms with E-state index in [1.807, 2.05) is 0 Å². The van der Waals surface area contributed by atoms with E-state index in [0.29, 0.717) is 5.92 Å². The van der Waals surface area contributed by atoms with E-state index in [9.17, 15) is 0 Å². The van der Waals surface area contributed by atoms with Crippen molar-refractivity contribution >= 4 is 11.6 Å². The summed E-state index contributed by atoms with van der Waals surface area (Å²) in [6.07, 6.45) is 11.8. The van der Waals surface area contributed by atoms with E-state index < -0.39 is 0 Å². The van der Waals surface area contributed by atoms with Gasteiger partial charge in [0.05, 0.1) is 0 Å². The molecule has 0 aliphatic rings. The molecule has 1 aromatic carbocycles. The van der Waals surface area contributed by atoms with Crippen molar-refractivity contribution in [2.45, 2.75) is 83.4 Å². The maximum Gasteiger partial charge on any atom is 0.0418 e. The summed E-state index contributed by atoms with van der Waals surface area (Å²) in [6.45, 7) is 6.64. The fourth-order valence-electron chi connectivity index (χ4n) is 2.99. The Morgan fingerprint density at radius 3 is 2.14 bits per heavy atom. The Kier molecular flexibility index (Phi) is 9.08. The van der Waals surface area contributed by atoms with Gasteiger partial charge in [-0.3, -0.25) is 0 Å². The summed E-state index contributed by atoms with van der Waals surface area (Å²) in [5.74, 6) is 0.616. The second-order valence-electron chi connectivity index (χ2n) is 6.84. The first kappa shape index (κ1) is 18.6. The van der Waals surface area contributed by atoms with Crippen molar-refractivity contribution in [3.8, 4) is 0 Å². The number of aryl methyl sites for hydroxylation is 1. The zero-order valence-electron chi connectivity index (χ0n) is 14.2. The molecule has 1 heteroatoms. The van der Waals surface area contributed by atoms with Gasteiger partial charge in [0.15, 0.2) is 0 Å². The van der Waals surface area contributed by atoms with Crippen LogP contribution < -0.4 is 0 Å². The molecular formula is C20H33Cl. The molecule has 0 amide bonds. The smallest absolute Gasteiger partial charge is 0.0418 e. The minimum Gasteiger partial charge on any atom is -0.120 e. The predicted octanol–water partition coefficient (Wildman–Crippen LogP) is 7.00. The molecule has 1 rings (SSSR count). The van der Waals surface area contributed by atoms with Gasteiger partial charge in [-0.15, -0.1) is 11.6 Å². The Balaban J connectivity index is 2.31. The zero-order valence-corrected chi connectivity index (χ0v) is 15.0. The van der Waals surface area contributed by atoms with Crippen molar-refractivity contribution in [2.75, 3.05) is 0 Å². The third-order valence-electron chi connectivity index (χ3n) is 4.50. The van der Waals surface area contributed by atoms with Crippen LogP contribution in [0.3, 0.4) is 0 Å². The topological polar surface area (TPSA) is 0 Å². The van der Waals surface area contributed by atoms with Gasteiger partial charge in [-0.1, -0.05) is 75.8 Å². The van der Waals surface area contributed by atoms with Gasteiger partial charge in [0.2, 0.25) is 0 Å². The second kappa shape index (κ2) is 10.3. The quantitative estimate of drug-likeness (QED) is 0.305. The molecule has 0 aromatic heterocycles. The number of alkyl halides is 1. The van der Waals surface area contributed by atoms with Gasteiger partial charge in [-0.05, 0) is 44.6 Å². The largest absolute Gasteiger partial charge is 0.120 e. The van der Waals surface area contributed by atoms with Crippen molar-refractivity contribution < 1.29 is 0 Å². The van der Waals surface area contributed by atoms with Crippen LogP contribution in [0.25, 0.3) is 0 Å². The Morgan fingerprint density at radius 1 is 0.905 bits per heavy atom. The lowest BCUT2D eigenvalue weighted by Crippen LogP contribution is -2.25. The number of hydrogen-bond donors (Lipinski definition) is 0. The highest BCUT2D eigenvalue weighted by atomic mass is 35.5. The number of halogens is 1. The van der Waals surface area contributed by atoms with E-state index in [0.717, 1.165) is 6.42 Å². The van der Waals surface area contributed by atoms with E-state index >= 15 is 0 Å². The van der Waals surface area contributed by atoms with Gasteiger partial charge in [0.25, 0.3) is 0 Å². The molecule has 0 radical (unpaired) electrons. The summed E-state index contributed by atoms with van der Waals surface area (Å²) >= 11 is 6.63. The van der Waals surface area contributed by atoms with Crippen LogP contribution >= 0.6 is 11.6 Å². The van der Waals surface area contributed by atoms with E-state index in [1.165, 1.54) is 56.9 Å². The van der Waals surface area contributed by atoms with Crippen LogP contribution in [0.1, 0.15) is 77.7 Å². The van der Waals surface area contributed by atoms with Gasteiger partial charge >= 0.3 is 0 Å². The SMILES string of the molecule is CCCCCCCCC(CCc1ccccc1)C(C)(C)Cl. The first-order valence-electron chi connectivity index (χ1n) is 8.77. The lowest BCUT2D eigenvalue weighted by Gasteiger charge is -2.28. The molecule has 1 aromatic rings. The lowest BCUT2D eigenvalue weighted by atomic mass is 9.84. The minimum atomic E-state index is -0.0851. The van der Waals surface area contributed by atoms with Gasteiger partial charge in [-0.25, -0.2) is 0 Å². The molecule has 1 atom stereocenters. The van der Waals surface area contributed by atoms with Crippen LogP contribution in [0.4, 0.5) is 0 Å². The Hall–Kier alpha value is -0.490. The molecule has 1 unspecified atom stereocenters. The predicted molar refractivity (Wildman–Crippen MR) is 96.2 cm³/mol. The molecule has 0 nitrogen and oxygen atoms in total. The molecule has 120 valence electrons. The highest BCUT2D eigenvalue weighted by Gasteiger charge is 2.26. The highest BCUT2D eigenvalue weighted by Crippen LogP contribution is 2.32. The van der Waals surface area contributed by atoms with Gasteiger partial charge < -0.3 is 0 Å². The minimum absolute atomic E-state index is 0.0851. The van der Waals surface area contributed by atoms with Gasteiger partial charge in [-0.2, -0.15) is 0 Å². The normalized spacial score (nSPS) is 13.3. The molecular weight excluding hydrogens is 276 g/mol. The monoisotopic (exact) mass is 308 g/mol. The Bertz CT molecular complexity index is 350. The van der Waals surface area contributed by atoms with Crippen molar-refractivity contribution in [1.82, 2.24) is 0 Å². The molecule has 0 spiro atoms. The summed E-state index contributed by atoms with van der Waals surface area (Å²) in [6, 6.07) is 10.8. The van der Waals surface area contributed by atoms with E-state index in [1.54, 1.807) is 0 Å². The molecule has 0 heterocycles. The summed E-state index contributed by atoms with van der Waals surface area (Å²) in [5.41, 5.74) is 1.44. The summed E-state index contributed by atoms with van der Waals surface area (Å²) in [4.78, 5) is -0.0851. The van der Waals surface area contributed by atoms with E-state index in [4.69, 9.17) is 11.6 Å². The van der Waals surface area contributed by atoms with Crippen molar-refractivity contribution in [2.24, 2.45) is 5.92 Å². The van der Waals surface area contributed by atoms with E-state index in [-0.39, 0.29) is 4.87 Å². The van der Waals surface area contributed by atoms with Crippen molar-refractivity contribution in [1.29, 1.82) is 0 Å². The van der Waals surface area contributed by atoms with Crippen LogP contribution in [0.15, 0.2) is 30.3 Å². The van der Waals surface area contributed by atoms with Crippen LogP contribution in [-0.4, -0.2) is 4.87 Å². The number of benzene rings is 1. The summed E-state index contributed by atoms with van der Waals surface area (Å²) in [7, 11) is 0. The van der Waals surface area contributed by atoms with Crippen LogP contribution in [0.2, 0.25) is 0 Å².